The molecule has 0 radical (unpaired) electrons. The Balaban J connectivity index is 2.61. The Morgan fingerprint density at radius 3 is 3.00 bits per heavy atom. The summed E-state index contributed by atoms with van der Waals surface area (Å²) in [6.45, 7) is 3.88. The zero-order valence-corrected chi connectivity index (χ0v) is 9.90. The number of halogens is 1. The molecule has 1 atom stereocenters. The molecule has 90 valence electrons. The Morgan fingerprint density at radius 1 is 1.53 bits per heavy atom. The molecule has 4 heteroatoms. The summed E-state index contributed by atoms with van der Waals surface area (Å²) in [4.78, 5) is 4.15. The van der Waals surface area contributed by atoms with Crippen molar-refractivity contribution >= 4 is 16.6 Å². The smallest absolute Gasteiger partial charge is 0.181 e. The molecule has 1 aromatic heterocycles. The van der Waals surface area contributed by atoms with Crippen LogP contribution in [0.1, 0.15) is 20.3 Å². The van der Waals surface area contributed by atoms with Crippen molar-refractivity contribution in [3.05, 3.63) is 30.2 Å². The van der Waals surface area contributed by atoms with Crippen molar-refractivity contribution in [2.45, 2.75) is 26.4 Å². The predicted octanol–water partition coefficient (Wildman–Crippen LogP) is 3.13. The molecule has 0 amide bonds. The number of pyridine rings is 1. The molecule has 1 unspecified atom stereocenters. The van der Waals surface area contributed by atoms with E-state index in [2.05, 4.69) is 4.98 Å². The molecule has 0 aliphatic rings. The van der Waals surface area contributed by atoms with Gasteiger partial charge in [-0.15, -0.1) is 0 Å². The number of benzene rings is 1. The zero-order chi connectivity index (χ0) is 12.4. The minimum absolute atomic E-state index is 0.0571. The Morgan fingerprint density at radius 2 is 2.29 bits per heavy atom. The van der Waals surface area contributed by atoms with Gasteiger partial charge in [-0.25, -0.2) is 4.39 Å². The normalized spacial score (nSPS) is 12.6. The number of ether oxygens (including phenoxy) is 1. The van der Waals surface area contributed by atoms with Crippen LogP contribution in [0, 0.1) is 5.82 Å². The molecule has 1 heterocycles. The third-order valence-corrected chi connectivity index (χ3v) is 2.73. The SMILES string of the molecule is CCC(C)Oc1c(F)cc(N)c2cccnc12. The minimum Gasteiger partial charge on any atom is -0.485 e. The Hall–Kier alpha value is -1.84. The van der Waals surface area contributed by atoms with Gasteiger partial charge in [0.25, 0.3) is 0 Å². The van der Waals surface area contributed by atoms with Crippen LogP contribution in [0.4, 0.5) is 10.1 Å². The van der Waals surface area contributed by atoms with Gasteiger partial charge >= 0.3 is 0 Å². The summed E-state index contributed by atoms with van der Waals surface area (Å²) in [5, 5.41) is 0.715. The van der Waals surface area contributed by atoms with E-state index in [-0.39, 0.29) is 11.9 Å². The van der Waals surface area contributed by atoms with E-state index in [1.54, 1.807) is 18.3 Å². The number of anilines is 1. The van der Waals surface area contributed by atoms with Crippen LogP contribution in [0.2, 0.25) is 0 Å². The summed E-state index contributed by atoms with van der Waals surface area (Å²) in [6.07, 6.45) is 2.35. The summed E-state index contributed by atoms with van der Waals surface area (Å²) in [5.41, 5.74) is 6.61. The highest BCUT2D eigenvalue weighted by Gasteiger charge is 2.14. The number of hydrogen-bond acceptors (Lipinski definition) is 3. The van der Waals surface area contributed by atoms with Crippen LogP contribution in [-0.2, 0) is 0 Å². The second-order valence-corrected chi connectivity index (χ2v) is 4.01. The molecular weight excluding hydrogens is 219 g/mol. The quantitative estimate of drug-likeness (QED) is 0.830. The molecule has 2 aromatic rings. The van der Waals surface area contributed by atoms with Crippen LogP contribution in [-0.4, -0.2) is 11.1 Å². The van der Waals surface area contributed by atoms with Gasteiger partial charge < -0.3 is 10.5 Å². The molecular formula is C13H15FN2O. The molecule has 3 nitrogen and oxygen atoms in total. The lowest BCUT2D eigenvalue weighted by atomic mass is 10.1. The third kappa shape index (κ3) is 2.16. The minimum atomic E-state index is -0.464. The van der Waals surface area contributed by atoms with E-state index >= 15 is 0 Å². The maximum atomic E-state index is 13.8. The van der Waals surface area contributed by atoms with Gasteiger partial charge in [-0.2, -0.15) is 0 Å². The van der Waals surface area contributed by atoms with Gasteiger partial charge in [0.05, 0.1) is 6.10 Å². The lowest BCUT2D eigenvalue weighted by Gasteiger charge is -2.15. The van der Waals surface area contributed by atoms with E-state index in [9.17, 15) is 4.39 Å². The number of nitrogens with two attached hydrogens (primary N) is 1. The second-order valence-electron chi connectivity index (χ2n) is 4.01. The summed E-state index contributed by atoms with van der Waals surface area (Å²) >= 11 is 0. The van der Waals surface area contributed by atoms with Crippen molar-refractivity contribution in [2.24, 2.45) is 0 Å². The molecule has 1 aromatic carbocycles. The molecule has 0 fully saturated rings. The molecule has 0 saturated carbocycles. The topological polar surface area (TPSA) is 48.1 Å². The molecule has 17 heavy (non-hydrogen) atoms. The summed E-state index contributed by atoms with van der Waals surface area (Å²) in [5.74, 6) is -0.279. The van der Waals surface area contributed by atoms with E-state index in [0.29, 0.717) is 16.6 Å². The molecule has 0 saturated heterocycles. The average molecular weight is 234 g/mol. The lowest BCUT2D eigenvalue weighted by Crippen LogP contribution is -2.11. The third-order valence-electron chi connectivity index (χ3n) is 2.73. The first-order valence-electron chi connectivity index (χ1n) is 5.62. The van der Waals surface area contributed by atoms with Crippen LogP contribution in [0.25, 0.3) is 10.9 Å². The number of nitrogens with zero attached hydrogens (tertiary/aromatic N) is 1. The average Bonchev–Trinajstić information content (AvgIpc) is 2.34. The van der Waals surface area contributed by atoms with Crippen molar-refractivity contribution < 1.29 is 9.13 Å². The Bertz CT molecular complexity index is 542. The maximum absolute atomic E-state index is 13.8. The number of nitrogen functional groups attached to an aromatic ring is 1. The van der Waals surface area contributed by atoms with Gasteiger partial charge in [0.2, 0.25) is 0 Å². The van der Waals surface area contributed by atoms with Gasteiger partial charge in [-0.05, 0) is 25.5 Å². The van der Waals surface area contributed by atoms with E-state index in [4.69, 9.17) is 10.5 Å². The molecule has 0 aliphatic carbocycles. The highest BCUT2D eigenvalue weighted by Crippen LogP contribution is 2.32. The molecule has 0 spiro atoms. The van der Waals surface area contributed by atoms with Crippen LogP contribution < -0.4 is 10.5 Å². The number of hydrogen-bond donors (Lipinski definition) is 1. The highest BCUT2D eigenvalue weighted by atomic mass is 19.1. The van der Waals surface area contributed by atoms with Gasteiger partial charge in [0.15, 0.2) is 11.6 Å². The van der Waals surface area contributed by atoms with Gasteiger partial charge in [-0.1, -0.05) is 6.92 Å². The van der Waals surface area contributed by atoms with Gasteiger partial charge in [-0.3, -0.25) is 4.98 Å². The van der Waals surface area contributed by atoms with Crippen molar-refractivity contribution in [2.75, 3.05) is 5.73 Å². The molecule has 0 bridgehead atoms. The first-order chi connectivity index (χ1) is 8.13. The first-order valence-corrected chi connectivity index (χ1v) is 5.62. The second kappa shape index (κ2) is 4.57. The fraction of sp³-hybridized carbons (Fsp3) is 0.308. The first kappa shape index (κ1) is 11.6. The fourth-order valence-electron chi connectivity index (χ4n) is 1.61. The summed E-state index contributed by atoms with van der Waals surface area (Å²) < 4.78 is 19.4. The van der Waals surface area contributed by atoms with Gasteiger partial charge in [0.1, 0.15) is 5.52 Å². The van der Waals surface area contributed by atoms with Gasteiger partial charge in [0, 0.05) is 23.3 Å². The van der Waals surface area contributed by atoms with E-state index in [1.165, 1.54) is 6.07 Å². The van der Waals surface area contributed by atoms with Crippen LogP contribution in [0.15, 0.2) is 24.4 Å². The summed E-state index contributed by atoms with van der Waals surface area (Å²) in [6, 6.07) is 4.85. The van der Waals surface area contributed by atoms with E-state index in [0.717, 1.165) is 6.42 Å². The van der Waals surface area contributed by atoms with E-state index in [1.807, 2.05) is 13.8 Å². The van der Waals surface area contributed by atoms with Crippen molar-refractivity contribution in [1.82, 2.24) is 4.98 Å². The van der Waals surface area contributed by atoms with Crippen LogP contribution >= 0.6 is 0 Å². The largest absolute Gasteiger partial charge is 0.485 e. The Kier molecular flexibility index (Phi) is 3.13. The van der Waals surface area contributed by atoms with E-state index < -0.39 is 5.82 Å². The number of aromatic nitrogens is 1. The predicted molar refractivity (Wildman–Crippen MR) is 66.5 cm³/mol. The molecule has 2 rings (SSSR count). The zero-order valence-electron chi connectivity index (χ0n) is 9.90. The summed E-state index contributed by atoms with van der Waals surface area (Å²) in [7, 11) is 0. The standard InChI is InChI=1S/C13H15FN2O/c1-3-8(2)17-13-10(14)7-11(15)9-5-4-6-16-12(9)13/h4-8H,3,15H2,1-2H3. The molecule has 2 N–H and O–H groups in total. The number of fused-ring (bicyclic) bond motifs is 1. The Labute approximate surface area is 99.4 Å². The van der Waals surface area contributed by atoms with Crippen molar-refractivity contribution in [3.63, 3.8) is 0 Å². The lowest BCUT2D eigenvalue weighted by molar-refractivity contribution is 0.210. The monoisotopic (exact) mass is 234 g/mol. The van der Waals surface area contributed by atoms with Crippen LogP contribution in [0.5, 0.6) is 5.75 Å². The fourth-order valence-corrected chi connectivity index (χ4v) is 1.61. The molecule has 0 aliphatic heterocycles. The maximum Gasteiger partial charge on any atom is 0.181 e. The highest BCUT2D eigenvalue weighted by molar-refractivity contribution is 5.94. The van der Waals surface area contributed by atoms with Crippen molar-refractivity contribution in [1.29, 1.82) is 0 Å². The number of rotatable bonds is 3. The van der Waals surface area contributed by atoms with Crippen molar-refractivity contribution in [3.8, 4) is 5.75 Å². The van der Waals surface area contributed by atoms with Crippen LogP contribution in [0.3, 0.4) is 0 Å².